The van der Waals surface area contributed by atoms with Crippen LogP contribution in [0.2, 0.25) is 0 Å². The zero-order valence-corrected chi connectivity index (χ0v) is 10.0. The highest BCUT2D eigenvalue weighted by atomic mass is 32.1. The first-order valence-electron chi connectivity index (χ1n) is 5.51. The summed E-state index contributed by atoms with van der Waals surface area (Å²) in [4.78, 5) is 4.13. The number of nitrogens with one attached hydrogen (secondary N) is 1. The number of aromatic nitrogens is 2. The Morgan fingerprint density at radius 2 is 2.20 bits per heavy atom. The molecule has 0 spiro atoms. The molecule has 3 unspecified atom stereocenters. The van der Waals surface area contributed by atoms with Gasteiger partial charge >= 0.3 is 0 Å². The van der Waals surface area contributed by atoms with Crippen LogP contribution in [-0.2, 0) is 0 Å². The van der Waals surface area contributed by atoms with Crippen LogP contribution in [0.1, 0.15) is 33.1 Å². The summed E-state index contributed by atoms with van der Waals surface area (Å²) in [6, 6.07) is 0.536. The molecule has 1 aliphatic carbocycles. The Balaban J connectivity index is 1.94. The molecule has 0 amide bonds. The zero-order chi connectivity index (χ0) is 10.8. The van der Waals surface area contributed by atoms with Crippen molar-refractivity contribution in [3.63, 3.8) is 0 Å². The quantitative estimate of drug-likeness (QED) is 0.812. The molecule has 0 bridgehead atoms. The molecule has 4 nitrogen and oxygen atoms in total. The molecule has 1 aromatic rings. The molecule has 0 aliphatic heterocycles. The molecule has 84 valence electrons. The van der Waals surface area contributed by atoms with E-state index >= 15 is 0 Å². The lowest BCUT2D eigenvalue weighted by atomic mass is 9.80. The Bertz CT molecular complexity index is 325. The normalized spacial score (nSPS) is 31.5. The maximum absolute atomic E-state index is 5.49. The molecule has 1 aliphatic rings. The largest absolute Gasteiger partial charge is 0.367 e. The second-order valence-electron chi connectivity index (χ2n) is 4.60. The molecule has 3 N–H and O–H groups in total. The maximum Gasteiger partial charge on any atom is 0.233 e. The average Bonchev–Trinajstić information content (AvgIpc) is 2.56. The van der Waals surface area contributed by atoms with Gasteiger partial charge < -0.3 is 11.1 Å². The molecule has 0 aromatic carbocycles. The van der Waals surface area contributed by atoms with Crippen LogP contribution in [0.3, 0.4) is 0 Å². The van der Waals surface area contributed by atoms with E-state index in [4.69, 9.17) is 5.73 Å². The highest BCUT2D eigenvalue weighted by molar-refractivity contribution is 7.09. The van der Waals surface area contributed by atoms with E-state index in [-0.39, 0.29) is 0 Å². The van der Waals surface area contributed by atoms with Crippen molar-refractivity contribution in [1.82, 2.24) is 9.36 Å². The van der Waals surface area contributed by atoms with Crippen molar-refractivity contribution in [1.29, 1.82) is 0 Å². The minimum Gasteiger partial charge on any atom is -0.367 e. The Labute approximate surface area is 94.5 Å². The first-order valence-corrected chi connectivity index (χ1v) is 6.28. The van der Waals surface area contributed by atoms with Crippen LogP contribution < -0.4 is 11.1 Å². The lowest BCUT2D eigenvalue weighted by molar-refractivity contribution is 0.276. The minimum absolute atomic E-state index is 0.374. The van der Waals surface area contributed by atoms with Crippen LogP contribution in [0.4, 0.5) is 11.1 Å². The lowest BCUT2D eigenvalue weighted by Crippen LogP contribution is -2.32. The minimum atomic E-state index is 0.374. The van der Waals surface area contributed by atoms with E-state index < -0.39 is 0 Å². The third kappa shape index (κ3) is 2.59. The monoisotopic (exact) mass is 226 g/mol. The first kappa shape index (κ1) is 10.7. The highest BCUT2D eigenvalue weighted by Gasteiger charge is 2.25. The zero-order valence-electron chi connectivity index (χ0n) is 9.23. The van der Waals surface area contributed by atoms with Gasteiger partial charge in [0.2, 0.25) is 11.1 Å². The molecule has 1 aromatic heterocycles. The smallest absolute Gasteiger partial charge is 0.233 e. The van der Waals surface area contributed by atoms with Crippen molar-refractivity contribution in [2.45, 2.75) is 39.2 Å². The van der Waals surface area contributed by atoms with Gasteiger partial charge in [-0.2, -0.15) is 9.36 Å². The predicted molar refractivity (Wildman–Crippen MR) is 63.9 cm³/mol. The van der Waals surface area contributed by atoms with E-state index in [9.17, 15) is 0 Å². The molecule has 0 saturated heterocycles. The van der Waals surface area contributed by atoms with Crippen LogP contribution in [0.15, 0.2) is 0 Å². The van der Waals surface area contributed by atoms with E-state index in [0.717, 1.165) is 11.0 Å². The van der Waals surface area contributed by atoms with E-state index in [1.807, 2.05) is 0 Å². The van der Waals surface area contributed by atoms with Gasteiger partial charge in [0.25, 0.3) is 0 Å². The number of rotatable bonds is 2. The number of hydrogen-bond donors (Lipinski definition) is 2. The van der Waals surface area contributed by atoms with Crippen molar-refractivity contribution in [3.8, 4) is 0 Å². The molecule has 1 fully saturated rings. The van der Waals surface area contributed by atoms with Crippen LogP contribution >= 0.6 is 11.5 Å². The topological polar surface area (TPSA) is 63.8 Å². The summed E-state index contributed by atoms with van der Waals surface area (Å²) >= 11 is 1.35. The molecule has 5 heteroatoms. The summed E-state index contributed by atoms with van der Waals surface area (Å²) < 4.78 is 3.97. The summed E-state index contributed by atoms with van der Waals surface area (Å²) in [7, 11) is 0. The Morgan fingerprint density at radius 3 is 2.80 bits per heavy atom. The number of nitrogens with zero attached hydrogens (tertiary/aromatic N) is 2. The van der Waals surface area contributed by atoms with Gasteiger partial charge in [-0.3, -0.25) is 0 Å². The Morgan fingerprint density at radius 1 is 1.40 bits per heavy atom. The van der Waals surface area contributed by atoms with E-state index in [1.54, 1.807) is 0 Å². The van der Waals surface area contributed by atoms with Gasteiger partial charge in [0.05, 0.1) is 0 Å². The van der Waals surface area contributed by atoms with Gasteiger partial charge in [-0.05, 0) is 31.1 Å². The summed E-state index contributed by atoms with van der Waals surface area (Å²) in [5.41, 5.74) is 5.49. The third-order valence-corrected chi connectivity index (χ3v) is 3.84. The maximum atomic E-state index is 5.49. The highest BCUT2D eigenvalue weighted by Crippen LogP contribution is 2.31. The second-order valence-corrected chi connectivity index (χ2v) is 5.36. The molecule has 3 atom stereocenters. The number of hydrogen-bond acceptors (Lipinski definition) is 5. The van der Waals surface area contributed by atoms with E-state index in [0.29, 0.717) is 17.9 Å². The molecule has 1 heterocycles. The molecule has 1 saturated carbocycles. The summed E-state index contributed by atoms with van der Waals surface area (Å²) in [6.07, 6.45) is 3.82. The van der Waals surface area contributed by atoms with E-state index in [1.165, 1.54) is 30.8 Å². The van der Waals surface area contributed by atoms with Gasteiger partial charge in [-0.25, -0.2) is 0 Å². The lowest BCUT2D eigenvalue weighted by Gasteiger charge is -2.32. The van der Waals surface area contributed by atoms with Crippen molar-refractivity contribution in [3.05, 3.63) is 0 Å². The molecule has 15 heavy (non-hydrogen) atoms. The molecular weight excluding hydrogens is 208 g/mol. The number of anilines is 2. The molecule has 2 rings (SSSR count). The number of nitrogen functional groups attached to an aromatic ring is 1. The predicted octanol–water partition coefficient (Wildman–Crippen LogP) is 2.36. The second kappa shape index (κ2) is 4.35. The fraction of sp³-hybridized carbons (Fsp3) is 0.800. The van der Waals surface area contributed by atoms with Crippen LogP contribution in [-0.4, -0.2) is 15.4 Å². The first-order chi connectivity index (χ1) is 7.15. The fourth-order valence-corrected chi connectivity index (χ4v) is 2.89. The SMILES string of the molecule is CC1CCC(Nc2nc(N)ns2)C(C)C1. The van der Waals surface area contributed by atoms with Gasteiger partial charge in [0, 0.05) is 17.6 Å². The van der Waals surface area contributed by atoms with Crippen molar-refractivity contribution < 1.29 is 0 Å². The standard InChI is InChI=1S/C10H18N4S/c1-6-3-4-8(7(2)5-6)12-10-13-9(11)14-15-10/h6-8H,3-5H2,1-2H3,(H3,11,12,13,14). The number of nitrogens with two attached hydrogens (primary N) is 1. The van der Waals surface area contributed by atoms with Crippen molar-refractivity contribution in [2.75, 3.05) is 11.1 Å². The van der Waals surface area contributed by atoms with Gasteiger partial charge in [0.15, 0.2) is 0 Å². The van der Waals surface area contributed by atoms with Crippen LogP contribution in [0.25, 0.3) is 0 Å². The Hall–Kier alpha value is -0.840. The summed E-state index contributed by atoms with van der Waals surface area (Å²) in [6.45, 7) is 4.63. The summed E-state index contributed by atoms with van der Waals surface area (Å²) in [5.74, 6) is 1.94. The van der Waals surface area contributed by atoms with Crippen molar-refractivity contribution in [2.24, 2.45) is 11.8 Å². The average molecular weight is 226 g/mol. The van der Waals surface area contributed by atoms with Crippen LogP contribution in [0.5, 0.6) is 0 Å². The van der Waals surface area contributed by atoms with Gasteiger partial charge in [-0.1, -0.05) is 13.8 Å². The van der Waals surface area contributed by atoms with Crippen LogP contribution in [0, 0.1) is 11.8 Å². The molecular formula is C10H18N4S. The Kier molecular flexibility index (Phi) is 3.09. The van der Waals surface area contributed by atoms with E-state index in [2.05, 4.69) is 28.5 Å². The third-order valence-electron chi connectivity index (χ3n) is 3.18. The van der Waals surface area contributed by atoms with Crippen molar-refractivity contribution >= 4 is 22.6 Å². The molecule has 0 radical (unpaired) electrons. The van der Waals surface area contributed by atoms with Gasteiger partial charge in [-0.15, -0.1) is 0 Å². The van der Waals surface area contributed by atoms with Gasteiger partial charge in [0.1, 0.15) is 0 Å². The summed E-state index contributed by atoms with van der Waals surface area (Å²) in [5, 5.41) is 4.30. The fourth-order valence-electron chi connectivity index (χ4n) is 2.33.